The summed E-state index contributed by atoms with van der Waals surface area (Å²) >= 11 is 17.6. The average molecular weight is 277 g/mol. The van der Waals surface area contributed by atoms with E-state index in [-0.39, 0.29) is 10.8 Å². The van der Waals surface area contributed by atoms with Crippen LogP contribution in [0.2, 0.25) is 15.1 Å². The molecule has 82 valence electrons. The lowest BCUT2D eigenvalue weighted by atomic mass is 10.1. The topological polar surface area (TPSA) is 12.9 Å². The van der Waals surface area contributed by atoms with Gasteiger partial charge in [0.2, 0.25) is 0 Å². The molecule has 0 radical (unpaired) electrons. The fourth-order valence-electron chi connectivity index (χ4n) is 1.27. The van der Waals surface area contributed by atoms with Gasteiger partial charge in [0.15, 0.2) is 0 Å². The minimum absolute atomic E-state index is 0.281. The van der Waals surface area contributed by atoms with E-state index in [1.807, 2.05) is 0 Å². The summed E-state index contributed by atoms with van der Waals surface area (Å²) in [5.74, 6) is -0.368. The zero-order valence-corrected chi connectivity index (χ0v) is 10.1. The van der Waals surface area contributed by atoms with Crippen molar-refractivity contribution in [3.05, 3.63) is 51.3 Å². The van der Waals surface area contributed by atoms with Gasteiger partial charge in [-0.1, -0.05) is 34.8 Å². The highest BCUT2D eigenvalue weighted by molar-refractivity contribution is 6.48. The first-order valence-electron chi connectivity index (χ1n) is 4.34. The van der Waals surface area contributed by atoms with Gasteiger partial charge in [-0.05, 0) is 18.2 Å². The smallest absolute Gasteiger partial charge is 0.126 e. The van der Waals surface area contributed by atoms with E-state index in [1.54, 1.807) is 12.1 Å². The molecule has 1 heterocycles. The van der Waals surface area contributed by atoms with Crippen LogP contribution in [-0.2, 0) is 0 Å². The molecule has 0 saturated carbocycles. The van der Waals surface area contributed by atoms with E-state index in [4.69, 9.17) is 34.8 Å². The summed E-state index contributed by atoms with van der Waals surface area (Å²) in [5.41, 5.74) is 1.08. The molecule has 0 amide bonds. The highest BCUT2D eigenvalue weighted by Gasteiger charge is 2.08. The Morgan fingerprint density at radius 2 is 1.62 bits per heavy atom. The number of nitrogens with zero attached hydrogens (tertiary/aromatic N) is 1. The molecule has 1 nitrogen and oxygen atoms in total. The molecule has 2 aromatic rings. The molecule has 0 fully saturated rings. The molecule has 0 unspecified atom stereocenters. The Morgan fingerprint density at radius 3 is 2.19 bits per heavy atom. The van der Waals surface area contributed by atoms with Gasteiger partial charge < -0.3 is 0 Å². The van der Waals surface area contributed by atoms with Crippen molar-refractivity contribution in [2.75, 3.05) is 0 Å². The lowest BCUT2D eigenvalue weighted by molar-refractivity contribution is 0.626. The van der Waals surface area contributed by atoms with Gasteiger partial charge >= 0.3 is 0 Å². The van der Waals surface area contributed by atoms with Crippen molar-refractivity contribution >= 4 is 34.8 Å². The largest absolute Gasteiger partial charge is 0.256 e. The number of pyridine rings is 1. The highest BCUT2D eigenvalue weighted by atomic mass is 35.5. The van der Waals surface area contributed by atoms with Crippen LogP contribution in [0.1, 0.15) is 0 Å². The Hall–Kier alpha value is -0.830. The van der Waals surface area contributed by atoms with E-state index in [2.05, 4.69) is 4.98 Å². The van der Waals surface area contributed by atoms with Gasteiger partial charge in [-0.3, -0.25) is 4.98 Å². The maximum absolute atomic E-state index is 13.0. The third-order valence-electron chi connectivity index (χ3n) is 2.00. The number of hydrogen-bond donors (Lipinski definition) is 0. The molecule has 0 saturated heterocycles. The molecule has 0 aliphatic heterocycles. The Morgan fingerprint density at radius 1 is 1.00 bits per heavy atom. The summed E-state index contributed by atoms with van der Waals surface area (Å²) in [7, 11) is 0. The van der Waals surface area contributed by atoms with Crippen LogP contribution in [0.5, 0.6) is 0 Å². The van der Waals surface area contributed by atoms with Gasteiger partial charge in [0.05, 0.1) is 20.8 Å². The second-order valence-corrected chi connectivity index (χ2v) is 4.31. The van der Waals surface area contributed by atoms with Gasteiger partial charge in [0, 0.05) is 17.8 Å². The number of hydrogen-bond acceptors (Lipinski definition) is 1. The molecule has 0 N–H and O–H groups in total. The predicted octanol–water partition coefficient (Wildman–Crippen LogP) is 4.85. The molecule has 1 aromatic carbocycles. The SMILES string of the molecule is Fc1ccnc(-c2cc(Cl)c(Cl)c(Cl)c2)c1. The van der Waals surface area contributed by atoms with E-state index in [0.29, 0.717) is 21.3 Å². The monoisotopic (exact) mass is 275 g/mol. The van der Waals surface area contributed by atoms with Crippen molar-refractivity contribution in [1.29, 1.82) is 0 Å². The van der Waals surface area contributed by atoms with Crippen molar-refractivity contribution < 1.29 is 4.39 Å². The summed E-state index contributed by atoms with van der Waals surface area (Å²) in [6, 6.07) is 5.76. The van der Waals surface area contributed by atoms with E-state index in [0.717, 1.165) is 0 Å². The van der Waals surface area contributed by atoms with Crippen molar-refractivity contribution in [1.82, 2.24) is 4.98 Å². The van der Waals surface area contributed by atoms with Crippen LogP contribution < -0.4 is 0 Å². The number of aromatic nitrogens is 1. The second kappa shape index (κ2) is 4.58. The van der Waals surface area contributed by atoms with Gasteiger partial charge in [-0.2, -0.15) is 0 Å². The molecule has 0 atom stereocenters. The van der Waals surface area contributed by atoms with Crippen molar-refractivity contribution in [2.24, 2.45) is 0 Å². The van der Waals surface area contributed by atoms with Crippen LogP contribution in [0.4, 0.5) is 4.39 Å². The molecule has 5 heteroatoms. The fraction of sp³-hybridized carbons (Fsp3) is 0. The maximum Gasteiger partial charge on any atom is 0.126 e. The molecule has 1 aromatic heterocycles. The lowest BCUT2D eigenvalue weighted by Crippen LogP contribution is -1.85. The minimum atomic E-state index is -0.368. The van der Waals surface area contributed by atoms with Gasteiger partial charge in [0.25, 0.3) is 0 Å². The molecule has 0 aliphatic rings. The van der Waals surface area contributed by atoms with Gasteiger partial charge in [-0.15, -0.1) is 0 Å². The van der Waals surface area contributed by atoms with Crippen LogP contribution in [-0.4, -0.2) is 4.98 Å². The predicted molar refractivity (Wildman–Crippen MR) is 64.7 cm³/mol. The number of halogens is 4. The lowest BCUT2D eigenvalue weighted by Gasteiger charge is -2.04. The molecular formula is C11H5Cl3FN. The third-order valence-corrected chi connectivity index (χ3v) is 3.20. The second-order valence-electron chi connectivity index (χ2n) is 3.11. The van der Waals surface area contributed by atoms with Crippen LogP contribution in [0.3, 0.4) is 0 Å². The van der Waals surface area contributed by atoms with E-state index in [1.165, 1.54) is 18.3 Å². The summed E-state index contributed by atoms with van der Waals surface area (Å²) in [6.07, 6.45) is 1.38. The van der Waals surface area contributed by atoms with Crippen molar-refractivity contribution in [3.8, 4) is 11.3 Å². The summed E-state index contributed by atoms with van der Waals surface area (Å²) < 4.78 is 13.0. The normalized spacial score (nSPS) is 10.5. The highest BCUT2D eigenvalue weighted by Crippen LogP contribution is 2.34. The van der Waals surface area contributed by atoms with Gasteiger partial charge in [0.1, 0.15) is 5.82 Å². The van der Waals surface area contributed by atoms with Crippen LogP contribution in [0, 0.1) is 5.82 Å². The first-order valence-corrected chi connectivity index (χ1v) is 5.48. The third kappa shape index (κ3) is 2.29. The first-order chi connectivity index (χ1) is 7.58. The Kier molecular flexibility index (Phi) is 3.33. The zero-order chi connectivity index (χ0) is 11.7. The zero-order valence-electron chi connectivity index (χ0n) is 7.85. The summed E-state index contributed by atoms with van der Waals surface area (Å²) in [4.78, 5) is 4.02. The van der Waals surface area contributed by atoms with Crippen LogP contribution in [0.15, 0.2) is 30.5 Å². The number of benzene rings is 1. The van der Waals surface area contributed by atoms with Crippen molar-refractivity contribution in [3.63, 3.8) is 0 Å². The average Bonchev–Trinajstić information content (AvgIpc) is 2.25. The molecule has 0 bridgehead atoms. The number of rotatable bonds is 1. The Labute approximate surface area is 107 Å². The van der Waals surface area contributed by atoms with E-state index in [9.17, 15) is 4.39 Å². The van der Waals surface area contributed by atoms with Crippen LogP contribution in [0.25, 0.3) is 11.3 Å². The van der Waals surface area contributed by atoms with E-state index >= 15 is 0 Å². The first kappa shape index (κ1) is 11.6. The standard InChI is InChI=1S/C11H5Cl3FN/c12-8-3-6(4-9(13)11(8)14)10-5-7(15)1-2-16-10/h1-5H. The quantitative estimate of drug-likeness (QED) is 0.679. The summed E-state index contributed by atoms with van der Waals surface area (Å²) in [5, 5.41) is 0.911. The molecule has 2 rings (SSSR count). The fourth-order valence-corrected chi connectivity index (χ4v) is 1.86. The maximum atomic E-state index is 13.0. The molecule has 0 spiro atoms. The minimum Gasteiger partial charge on any atom is -0.256 e. The summed E-state index contributed by atoms with van der Waals surface area (Å²) in [6.45, 7) is 0. The Bertz CT molecular complexity index is 519. The van der Waals surface area contributed by atoms with Crippen molar-refractivity contribution in [2.45, 2.75) is 0 Å². The molecular weight excluding hydrogens is 271 g/mol. The Balaban J connectivity index is 2.57. The van der Waals surface area contributed by atoms with Crippen LogP contribution >= 0.6 is 34.8 Å². The molecule has 0 aliphatic carbocycles. The van der Waals surface area contributed by atoms with Gasteiger partial charge in [-0.25, -0.2) is 4.39 Å². The van der Waals surface area contributed by atoms with E-state index < -0.39 is 0 Å². The molecule has 16 heavy (non-hydrogen) atoms.